The van der Waals surface area contributed by atoms with Crippen molar-refractivity contribution in [1.29, 1.82) is 0 Å². The first-order valence-electron chi connectivity index (χ1n) is 12.3. The molecule has 1 saturated heterocycles. The Morgan fingerprint density at radius 3 is 2.65 bits per heavy atom. The number of pyridine rings is 1. The van der Waals surface area contributed by atoms with Crippen LogP contribution in [0, 0.1) is 13.8 Å². The predicted molar refractivity (Wildman–Crippen MR) is 134 cm³/mol. The van der Waals surface area contributed by atoms with Crippen LogP contribution in [0.4, 0.5) is 23.4 Å². The summed E-state index contributed by atoms with van der Waals surface area (Å²) in [6.45, 7) is 5.79. The number of nitrogens with two attached hydrogens (primary N) is 1. The topological polar surface area (TPSA) is 137 Å². The number of nitrogen functional groups attached to an aromatic ring is 1. The van der Waals surface area contributed by atoms with Crippen LogP contribution in [0.15, 0.2) is 29.2 Å². The molecule has 40 heavy (non-hydrogen) atoms. The molecular formula is C25H26F4N8O3. The molecule has 3 atom stereocenters. The number of carbonyl (C=O) groups is 1. The molecule has 5 heterocycles. The maximum absolute atomic E-state index is 15.1. The molecule has 4 aromatic rings. The third-order valence-electron chi connectivity index (χ3n) is 7.12. The number of ether oxygens (including phenoxy) is 1. The number of alkyl halides is 4. The van der Waals surface area contributed by atoms with Gasteiger partial charge in [-0.15, -0.1) is 0 Å². The number of nitrogens with zero attached hydrogens (tertiary/aromatic N) is 6. The van der Waals surface area contributed by atoms with Gasteiger partial charge in [-0.05, 0) is 32.9 Å². The number of hydrogen-bond acceptors (Lipinski definition) is 9. The molecule has 1 unspecified atom stereocenters. The number of aryl methyl sites for hydroxylation is 2. The van der Waals surface area contributed by atoms with E-state index < -0.39 is 35.4 Å². The van der Waals surface area contributed by atoms with Crippen LogP contribution in [-0.2, 0) is 6.18 Å². The van der Waals surface area contributed by atoms with E-state index in [0.29, 0.717) is 11.5 Å². The number of aromatic nitrogens is 5. The Morgan fingerprint density at radius 2 is 2.00 bits per heavy atom. The summed E-state index contributed by atoms with van der Waals surface area (Å²) in [4.78, 5) is 23.0. The molecule has 1 aliphatic heterocycles. The van der Waals surface area contributed by atoms with Crippen LogP contribution in [-0.4, -0.2) is 68.0 Å². The van der Waals surface area contributed by atoms with Crippen molar-refractivity contribution in [1.82, 2.24) is 35.0 Å². The highest BCUT2D eigenvalue weighted by atomic mass is 19.4. The number of fused-ring (bicyclic) bond motifs is 1. The quantitative estimate of drug-likeness (QED) is 0.338. The Morgan fingerprint density at radius 1 is 1.25 bits per heavy atom. The van der Waals surface area contributed by atoms with Gasteiger partial charge in [0.05, 0.1) is 30.1 Å². The van der Waals surface area contributed by atoms with Crippen molar-refractivity contribution < 1.29 is 31.6 Å². The van der Waals surface area contributed by atoms with Gasteiger partial charge in [-0.25, -0.2) is 18.9 Å². The molecule has 0 saturated carbocycles. The normalized spacial score (nSPS) is 18.8. The standard InChI is InChI=1S/C25H26F4N8O3/c1-11-20(13(3)40-35-11)12(2)36-8-17(26)18(9-36)34-23(38)15-5-14(7-31-24(15)39-4)19-6-16(25(27,28)29)21-22(30)32-10-33-37(19)21/h5-7,10,12,17-18H,8-9H2,1-4H3,(H,34,38)(H2,30,32,33)/t12?,17-,18+/m0/s1. The van der Waals surface area contributed by atoms with Crippen LogP contribution >= 0.6 is 0 Å². The fourth-order valence-corrected chi connectivity index (χ4v) is 5.17. The van der Waals surface area contributed by atoms with Crippen LogP contribution in [0.2, 0.25) is 0 Å². The number of rotatable bonds is 6. The lowest BCUT2D eigenvalue weighted by atomic mass is 10.1. The largest absolute Gasteiger partial charge is 0.480 e. The third-order valence-corrected chi connectivity index (χ3v) is 7.12. The van der Waals surface area contributed by atoms with E-state index in [9.17, 15) is 18.0 Å². The van der Waals surface area contributed by atoms with Crippen LogP contribution in [0.3, 0.4) is 0 Å². The lowest BCUT2D eigenvalue weighted by Gasteiger charge is -2.24. The summed E-state index contributed by atoms with van der Waals surface area (Å²) in [5.41, 5.74) is 5.85. The minimum atomic E-state index is -4.74. The van der Waals surface area contributed by atoms with E-state index in [1.54, 1.807) is 6.92 Å². The highest BCUT2D eigenvalue weighted by molar-refractivity contribution is 5.98. The Balaban J connectivity index is 1.44. The van der Waals surface area contributed by atoms with Crippen molar-refractivity contribution in [2.24, 2.45) is 0 Å². The van der Waals surface area contributed by atoms with E-state index in [4.69, 9.17) is 15.0 Å². The van der Waals surface area contributed by atoms with Gasteiger partial charge in [0, 0.05) is 36.5 Å². The van der Waals surface area contributed by atoms with Crippen molar-refractivity contribution in [2.45, 2.75) is 45.2 Å². The fourth-order valence-electron chi connectivity index (χ4n) is 5.17. The van der Waals surface area contributed by atoms with Gasteiger partial charge < -0.3 is 20.3 Å². The van der Waals surface area contributed by atoms with Crippen LogP contribution in [0.1, 0.15) is 45.9 Å². The lowest BCUT2D eigenvalue weighted by molar-refractivity contribution is -0.136. The monoisotopic (exact) mass is 562 g/mol. The molecule has 212 valence electrons. The van der Waals surface area contributed by atoms with E-state index in [1.807, 2.05) is 18.7 Å². The summed E-state index contributed by atoms with van der Waals surface area (Å²) in [5.74, 6) is -0.504. The average molecular weight is 563 g/mol. The summed E-state index contributed by atoms with van der Waals surface area (Å²) in [5, 5.41) is 10.6. The fraction of sp³-hybridized carbons (Fsp3) is 0.400. The Labute approximate surface area is 225 Å². The Bertz CT molecular complexity index is 1560. The molecule has 5 rings (SSSR count). The second-order valence-corrected chi connectivity index (χ2v) is 9.59. The van der Waals surface area contributed by atoms with Gasteiger partial charge in [-0.1, -0.05) is 5.16 Å². The highest BCUT2D eigenvalue weighted by Crippen LogP contribution is 2.39. The molecule has 0 spiro atoms. The SMILES string of the molecule is COc1ncc(-c2cc(C(F)(F)F)c3c(N)ncnn23)cc1C(=O)N[C@@H]1CN(C(C)c2c(C)noc2C)C[C@@H]1F. The highest BCUT2D eigenvalue weighted by Gasteiger charge is 2.39. The van der Waals surface area contributed by atoms with Gasteiger partial charge in [-0.2, -0.15) is 18.3 Å². The molecular weight excluding hydrogens is 536 g/mol. The second kappa shape index (κ2) is 10.0. The van der Waals surface area contributed by atoms with E-state index >= 15 is 4.39 Å². The molecule has 1 amide bonds. The first-order valence-corrected chi connectivity index (χ1v) is 12.3. The number of hydrogen-bond donors (Lipinski definition) is 2. The number of likely N-dealkylation sites (tertiary alicyclic amines) is 1. The van der Waals surface area contributed by atoms with Crippen molar-refractivity contribution in [3.8, 4) is 17.1 Å². The summed E-state index contributed by atoms with van der Waals surface area (Å²) < 4.78 is 67.8. The first kappa shape index (κ1) is 27.3. The molecule has 1 fully saturated rings. The molecule has 15 heteroatoms. The second-order valence-electron chi connectivity index (χ2n) is 9.59. The van der Waals surface area contributed by atoms with Crippen molar-refractivity contribution in [3.05, 3.63) is 52.8 Å². The number of nitrogens with one attached hydrogen (secondary N) is 1. The van der Waals surface area contributed by atoms with E-state index in [2.05, 4.69) is 25.5 Å². The smallest absolute Gasteiger partial charge is 0.418 e. The van der Waals surface area contributed by atoms with E-state index in [0.717, 1.165) is 22.5 Å². The Kier molecular flexibility index (Phi) is 6.85. The maximum atomic E-state index is 15.1. The van der Waals surface area contributed by atoms with Gasteiger partial charge in [0.2, 0.25) is 5.88 Å². The summed E-state index contributed by atoms with van der Waals surface area (Å²) in [6, 6.07) is 1.11. The first-order chi connectivity index (χ1) is 18.9. The number of methoxy groups -OCH3 is 1. The molecule has 11 nitrogen and oxygen atoms in total. The zero-order chi connectivity index (χ0) is 28.9. The summed E-state index contributed by atoms with van der Waals surface area (Å²) in [6.07, 6.45) is -3.85. The van der Waals surface area contributed by atoms with Gasteiger partial charge in [0.15, 0.2) is 5.82 Å². The third kappa shape index (κ3) is 4.69. The van der Waals surface area contributed by atoms with Gasteiger partial charge in [-0.3, -0.25) is 9.69 Å². The van der Waals surface area contributed by atoms with Crippen molar-refractivity contribution in [3.63, 3.8) is 0 Å². The van der Waals surface area contributed by atoms with Crippen molar-refractivity contribution >= 4 is 17.2 Å². The van der Waals surface area contributed by atoms with Gasteiger partial charge in [0.25, 0.3) is 5.91 Å². The molecule has 0 radical (unpaired) electrons. The maximum Gasteiger partial charge on any atom is 0.418 e. The molecule has 0 bridgehead atoms. The van der Waals surface area contributed by atoms with E-state index in [-0.39, 0.29) is 47.7 Å². The molecule has 3 N–H and O–H groups in total. The van der Waals surface area contributed by atoms with Gasteiger partial charge in [0.1, 0.15) is 29.3 Å². The number of carbonyl (C=O) groups excluding carboxylic acids is 1. The average Bonchev–Trinajstić information content (AvgIpc) is 3.58. The Hall–Kier alpha value is -4.27. The zero-order valence-corrected chi connectivity index (χ0v) is 22.0. The number of amides is 1. The van der Waals surface area contributed by atoms with Crippen LogP contribution in [0.25, 0.3) is 16.8 Å². The minimum absolute atomic E-state index is 0.0238. The lowest BCUT2D eigenvalue weighted by Crippen LogP contribution is -2.41. The van der Waals surface area contributed by atoms with Crippen LogP contribution in [0.5, 0.6) is 5.88 Å². The van der Waals surface area contributed by atoms with Crippen molar-refractivity contribution in [2.75, 3.05) is 25.9 Å². The van der Waals surface area contributed by atoms with Gasteiger partial charge >= 0.3 is 6.18 Å². The molecule has 4 aromatic heterocycles. The molecule has 0 aromatic carbocycles. The predicted octanol–water partition coefficient (Wildman–Crippen LogP) is 3.52. The number of halogens is 4. The number of anilines is 1. The van der Waals surface area contributed by atoms with Crippen LogP contribution < -0.4 is 15.8 Å². The zero-order valence-electron chi connectivity index (χ0n) is 22.0. The molecule has 0 aliphatic carbocycles. The minimum Gasteiger partial charge on any atom is -0.480 e. The van der Waals surface area contributed by atoms with E-state index in [1.165, 1.54) is 19.4 Å². The molecule has 1 aliphatic rings. The summed E-state index contributed by atoms with van der Waals surface area (Å²) in [7, 11) is 1.29. The summed E-state index contributed by atoms with van der Waals surface area (Å²) >= 11 is 0.